The van der Waals surface area contributed by atoms with Crippen molar-refractivity contribution in [3.8, 4) is 0 Å². The maximum absolute atomic E-state index is 11.6. The maximum Gasteiger partial charge on any atom is 0.327 e. The van der Waals surface area contributed by atoms with Gasteiger partial charge in [0.25, 0.3) is 5.56 Å². The highest BCUT2D eigenvalue weighted by Crippen LogP contribution is 2.31. The van der Waals surface area contributed by atoms with Crippen molar-refractivity contribution in [1.82, 2.24) is 19.5 Å². The molecule has 3 rings (SSSR count). The fraction of sp³-hybridized carbons (Fsp3) is 0.545. The van der Waals surface area contributed by atoms with E-state index in [4.69, 9.17) is 0 Å². The molecule has 6 nitrogen and oxygen atoms in total. The first-order chi connectivity index (χ1) is 8.19. The second kappa shape index (κ2) is 3.58. The Kier molecular flexibility index (Phi) is 2.17. The molecule has 0 bridgehead atoms. The molecule has 2 heterocycles. The molecule has 1 aliphatic rings. The van der Waals surface area contributed by atoms with E-state index in [-0.39, 0.29) is 0 Å². The van der Waals surface area contributed by atoms with Crippen LogP contribution in [0.5, 0.6) is 0 Å². The van der Waals surface area contributed by atoms with Crippen LogP contribution in [-0.2, 0) is 13.0 Å². The molecule has 90 valence electrons. The fourth-order valence-electron chi connectivity index (χ4n) is 2.11. The number of hydrogen-bond acceptors (Lipinski definition) is 3. The van der Waals surface area contributed by atoms with Crippen LogP contribution in [0.15, 0.2) is 9.59 Å². The quantitative estimate of drug-likeness (QED) is 0.805. The average molecular weight is 234 g/mol. The molecule has 17 heavy (non-hydrogen) atoms. The molecule has 0 saturated heterocycles. The predicted octanol–water partition coefficient (Wildman–Crippen LogP) is 0.385. The second-order valence-corrected chi connectivity index (χ2v) is 4.54. The van der Waals surface area contributed by atoms with Gasteiger partial charge in [0.1, 0.15) is 11.5 Å². The van der Waals surface area contributed by atoms with Crippen LogP contribution >= 0.6 is 0 Å². The first kappa shape index (κ1) is 10.3. The van der Waals surface area contributed by atoms with Gasteiger partial charge in [-0.3, -0.25) is 14.8 Å². The molecule has 2 aromatic rings. The third kappa shape index (κ3) is 1.69. The molecule has 1 saturated carbocycles. The van der Waals surface area contributed by atoms with Gasteiger partial charge in [-0.15, -0.1) is 0 Å². The van der Waals surface area contributed by atoms with E-state index in [9.17, 15) is 9.59 Å². The van der Waals surface area contributed by atoms with Crippen LogP contribution < -0.4 is 11.2 Å². The Morgan fingerprint density at radius 2 is 2.12 bits per heavy atom. The molecule has 0 atom stereocenters. The summed E-state index contributed by atoms with van der Waals surface area (Å²) in [6.07, 6.45) is 3.19. The maximum atomic E-state index is 11.6. The van der Waals surface area contributed by atoms with E-state index in [0.717, 1.165) is 18.8 Å². The summed E-state index contributed by atoms with van der Waals surface area (Å²) in [6, 6.07) is 0. The Labute approximate surface area is 96.7 Å². The molecule has 0 aliphatic heterocycles. The first-order valence-electron chi connectivity index (χ1n) is 5.90. The number of aromatic amines is 2. The zero-order valence-corrected chi connectivity index (χ0v) is 9.62. The lowest BCUT2D eigenvalue weighted by atomic mass is 10.4. The SMILES string of the molecule is CCc1nc2c(=O)[nH]c(=O)[nH]c2n1CC1CC1. The lowest BCUT2D eigenvalue weighted by Crippen LogP contribution is -2.22. The summed E-state index contributed by atoms with van der Waals surface area (Å²) in [4.78, 5) is 32.1. The van der Waals surface area contributed by atoms with Crippen LogP contribution in [0.4, 0.5) is 0 Å². The van der Waals surface area contributed by atoms with Gasteiger partial charge < -0.3 is 4.57 Å². The minimum absolute atomic E-state index is 0.335. The third-order valence-corrected chi connectivity index (χ3v) is 3.17. The summed E-state index contributed by atoms with van der Waals surface area (Å²) in [7, 11) is 0. The largest absolute Gasteiger partial charge is 0.327 e. The predicted molar refractivity (Wildman–Crippen MR) is 63.1 cm³/mol. The van der Waals surface area contributed by atoms with Gasteiger partial charge in [-0.05, 0) is 18.8 Å². The van der Waals surface area contributed by atoms with Crippen LogP contribution in [0.1, 0.15) is 25.6 Å². The Morgan fingerprint density at radius 1 is 1.35 bits per heavy atom. The monoisotopic (exact) mass is 234 g/mol. The van der Waals surface area contributed by atoms with Crippen molar-refractivity contribution < 1.29 is 0 Å². The molecule has 2 aromatic heterocycles. The van der Waals surface area contributed by atoms with Crippen molar-refractivity contribution in [2.24, 2.45) is 5.92 Å². The van der Waals surface area contributed by atoms with E-state index in [1.54, 1.807) is 0 Å². The molecule has 0 radical (unpaired) electrons. The summed E-state index contributed by atoms with van der Waals surface area (Å²) < 4.78 is 1.98. The number of H-pyrrole nitrogens is 2. The van der Waals surface area contributed by atoms with E-state index in [1.807, 2.05) is 11.5 Å². The highest BCUT2D eigenvalue weighted by Gasteiger charge is 2.24. The van der Waals surface area contributed by atoms with E-state index >= 15 is 0 Å². The van der Waals surface area contributed by atoms with Gasteiger partial charge in [0.15, 0.2) is 5.52 Å². The van der Waals surface area contributed by atoms with E-state index in [1.165, 1.54) is 12.8 Å². The smallest absolute Gasteiger partial charge is 0.314 e. The summed E-state index contributed by atoms with van der Waals surface area (Å²) in [5, 5.41) is 0. The minimum Gasteiger partial charge on any atom is -0.314 e. The Bertz CT molecular complexity index is 675. The van der Waals surface area contributed by atoms with Gasteiger partial charge in [-0.1, -0.05) is 6.92 Å². The zero-order chi connectivity index (χ0) is 12.0. The molecule has 0 aromatic carbocycles. The number of hydrogen-bond donors (Lipinski definition) is 2. The summed E-state index contributed by atoms with van der Waals surface area (Å²) in [5.74, 6) is 1.53. The molecule has 0 spiro atoms. The molecule has 0 amide bonds. The van der Waals surface area contributed by atoms with Gasteiger partial charge in [0, 0.05) is 13.0 Å². The Hall–Kier alpha value is -1.85. The number of rotatable bonds is 3. The van der Waals surface area contributed by atoms with E-state index in [2.05, 4.69) is 15.0 Å². The van der Waals surface area contributed by atoms with Gasteiger partial charge in [0.2, 0.25) is 0 Å². The number of fused-ring (bicyclic) bond motifs is 1. The number of aromatic nitrogens is 4. The third-order valence-electron chi connectivity index (χ3n) is 3.17. The van der Waals surface area contributed by atoms with E-state index in [0.29, 0.717) is 17.1 Å². The number of nitrogens with zero attached hydrogens (tertiary/aromatic N) is 2. The minimum atomic E-state index is -0.470. The summed E-state index contributed by atoms with van der Waals surface area (Å²) in [5.41, 5.74) is 0.0136. The van der Waals surface area contributed by atoms with Crippen molar-refractivity contribution in [2.75, 3.05) is 0 Å². The molecule has 6 heteroatoms. The molecule has 1 fully saturated rings. The van der Waals surface area contributed by atoms with Crippen molar-refractivity contribution in [3.05, 3.63) is 26.7 Å². The Balaban J connectivity index is 2.28. The molecular weight excluding hydrogens is 220 g/mol. The van der Waals surface area contributed by atoms with Gasteiger partial charge in [-0.25, -0.2) is 9.78 Å². The number of aryl methyl sites for hydroxylation is 1. The van der Waals surface area contributed by atoms with Crippen LogP contribution in [0.2, 0.25) is 0 Å². The normalized spacial score (nSPS) is 15.6. The highest BCUT2D eigenvalue weighted by molar-refractivity contribution is 5.69. The standard InChI is InChI=1S/C11H14N4O2/c1-2-7-12-8-9(13-11(17)14-10(8)16)15(7)5-6-3-4-6/h6H,2-5H2,1H3,(H2,13,14,16,17). The molecule has 0 unspecified atom stereocenters. The van der Waals surface area contributed by atoms with Gasteiger partial charge in [-0.2, -0.15) is 0 Å². The zero-order valence-electron chi connectivity index (χ0n) is 9.62. The van der Waals surface area contributed by atoms with Crippen molar-refractivity contribution in [1.29, 1.82) is 0 Å². The number of imidazole rings is 1. The van der Waals surface area contributed by atoms with Crippen molar-refractivity contribution >= 4 is 11.2 Å². The number of nitrogens with one attached hydrogen (secondary N) is 2. The Morgan fingerprint density at radius 3 is 2.76 bits per heavy atom. The highest BCUT2D eigenvalue weighted by atomic mass is 16.2. The van der Waals surface area contributed by atoms with Crippen LogP contribution in [0.25, 0.3) is 11.2 Å². The lowest BCUT2D eigenvalue weighted by molar-refractivity contribution is 0.609. The van der Waals surface area contributed by atoms with Crippen molar-refractivity contribution in [2.45, 2.75) is 32.7 Å². The topological polar surface area (TPSA) is 83.5 Å². The van der Waals surface area contributed by atoms with Crippen LogP contribution in [-0.4, -0.2) is 19.5 Å². The summed E-state index contributed by atoms with van der Waals surface area (Å²) >= 11 is 0. The first-order valence-corrected chi connectivity index (χ1v) is 5.90. The van der Waals surface area contributed by atoms with E-state index < -0.39 is 11.2 Å². The van der Waals surface area contributed by atoms with Gasteiger partial charge >= 0.3 is 5.69 Å². The van der Waals surface area contributed by atoms with Crippen molar-refractivity contribution in [3.63, 3.8) is 0 Å². The van der Waals surface area contributed by atoms with Crippen LogP contribution in [0.3, 0.4) is 0 Å². The van der Waals surface area contributed by atoms with Crippen LogP contribution in [0, 0.1) is 5.92 Å². The second-order valence-electron chi connectivity index (χ2n) is 4.54. The fourth-order valence-corrected chi connectivity index (χ4v) is 2.11. The lowest BCUT2D eigenvalue weighted by Gasteiger charge is -2.05. The summed E-state index contributed by atoms with van der Waals surface area (Å²) in [6.45, 7) is 2.84. The average Bonchev–Trinajstić information content (AvgIpc) is 3.02. The molecule has 2 N–H and O–H groups in total. The molecule has 1 aliphatic carbocycles. The van der Waals surface area contributed by atoms with Gasteiger partial charge in [0.05, 0.1) is 0 Å². The molecular formula is C11H14N4O2.